The van der Waals surface area contributed by atoms with E-state index in [1.54, 1.807) is 64.6 Å². The molecule has 4 aromatic carbocycles. The Kier molecular flexibility index (Phi) is 26.4. The minimum absolute atomic E-state index is 0.0238. The number of halogens is 12. The summed E-state index contributed by atoms with van der Waals surface area (Å²) in [6.45, 7) is 15.9. The van der Waals surface area contributed by atoms with Crippen LogP contribution in [0.15, 0.2) is 109 Å². The molecule has 646 valence electrons. The first-order valence-electron chi connectivity index (χ1n) is 40.5. The number of aromatic nitrogens is 8. The van der Waals surface area contributed by atoms with Crippen molar-refractivity contribution < 1.29 is 86.2 Å². The van der Waals surface area contributed by atoms with Gasteiger partial charge in [0.25, 0.3) is 23.6 Å². The Morgan fingerprint density at radius 1 is 0.339 bits per heavy atom. The molecule has 8 aliphatic rings. The first-order chi connectivity index (χ1) is 57.6. The fraction of sp³-hybridized carbons (Fsp3) is 0.471. The molecule has 12 heterocycles. The summed E-state index contributed by atoms with van der Waals surface area (Å²) in [6, 6.07) is 22.8. The van der Waals surface area contributed by atoms with Gasteiger partial charge in [0.1, 0.15) is 0 Å². The van der Waals surface area contributed by atoms with Crippen LogP contribution in [0, 0.1) is 0 Å². The molecule has 0 bridgehead atoms. The van der Waals surface area contributed by atoms with Crippen LogP contribution < -0.4 is 5.73 Å². The second-order valence-electron chi connectivity index (χ2n) is 31.8. The van der Waals surface area contributed by atoms with Gasteiger partial charge < -0.3 is 44.9 Å². The first-order valence-corrected chi connectivity index (χ1v) is 40.5. The fourth-order valence-corrected chi connectivity index (χ4v) is 17.7. The van der Waals surface area contributed by atoms with Gasteiger partial charge in [-0.05, 0) is 141 Å². The average molecular weight is 1690 g/mol. The zero-order chi connectivity index (χ0) is 86.6. The highest BCUT2D eigenvalue weighted by atomic mass is 19.4. The van der Waals surface area contributed by atoms with E-state index in [0.29, 0.717) is 214 Å². The van der Waals surface area contributed by atoms with E-state index >= 15 is 0 Å². The molecule has 0 aliphatic carbocycles. The molecule has 4 fully saturated rings. The molecule has 0 saturated carbocycles. The van der Waals surface area contributed by atoms with Gasteiger partial charge in [-0.1, -0.05) is 79.4 Å². The van der Waals surface area contributed by atoms with Crippen LogP contribution in [-0.4, -0.2) is 200 Å². The maximum Gasteiger partial charge on any atom is 0.416 e. The van der Waals surface area contributed by atoms with Crippen LogP contribution in [-0.2, 0) is 91.1 Å². The molecule has 121 heavy (non-hydrogen) atoms. The molecule has 0 spiro atoms. The zero-order valence-electron chi connectivity index (χ0n) is 67.1. The summed E-state index contributed by atoms with van der Waals surface area (Å²) in [6.07, 6.45) is -10.9. The predicted octanol–water partition coefficient (Wildman–Crippen LogP) is 13.7. The standard InChI is InChI=1S/C23H28F3N5O.2C21H23F3N4O2.C20H21F3N4O2/c1-15(13-27)31-10-4-7-20-18(14-31)21(29-28-20)22(32)30-11-8-16(9-12-30)17-5-2-3-6-19(17)23(24,25)26;1-13(29)28-11-8-18-16(12-28)19(26-25-18)20(30)27-9-6-14(7-10-27)15-4-2-3-5-17(15)21(22,23)24;1-13(29)28-11-8-16-18(12-28)25-26-19(16)20(30)27-9-6-14(7-10-27)15-4-2-3-5-17(15)21(22,23)24;1-12(28)27-10-15-17(11-27)24-25-18(15)19(29)26-8-6-13(7-9-26)14-4-2-3-5-16(14)20(21,22)23/h2-3,5-6,16H,1,4,7-14,27H2,(H,28,29);2*2-5,14H,6-12H2,1H3,(H,25,26);2-5,13H,6-11H2,1H3,(H,24,25). The number of H-pyrrole nitrogens is 4. The van der Waals surface area contributed by atoms with Gasteiger partial charge in [-0.15, -0.1) is 0 Å². The molecule has 8 aromatic rings. The van der Waals surface area contributed by atoms with Crippen LogP contribution in [0.1, 0.15) is 234 Å². The van der Waals surface area contributed by atoms with Crippen molar-refractivity contribution in [3.8, 4) is 0 Å². The van der Waals surface area contributed by atoms with Gasteiger partial charge in [-0.3, -0.25) is 54.0 Å². The number of carbonyl (C=O) groups is 7. The molecule has 24 nitrogen and oxygen atoms in total. The van der Waals surface area contributed by atoms with Crippen molar-refractivity contribution in [1.29, 1.82) is 0 Å². The lowest BCUT2D eigenvalue weighted by molar-refractivity contribution is -0.139. The Hall–Kier alpha value is -11.3. The maximum atomic E-state index is 13.4. The molecule has 4 saturated heterocycles. The lowest BCUT2D eigenvalue weighted by Crippen LogP contribution is -2.40. The quantitative estimate of drug-likeness (QED) is 0.0797. The summed E-state index contributed by atoms with van der Waals surface area (Å²) in [5.41, 5.74) is 13.3. The number of rotatable bonds is 10. The van der Waals surface area contributed by atoms with Gasteiger partial charge >= 0.3 is 24.7 Å². The lowest BCUT2D eigenvalue weighted by atomic mass is 9.86. The second-order valence-corrected chi connectivity index (χ2v) is 31.8. The number of benzene rings is 4. The minimum Gasteiger partial charge on any atom is -0.370 e. The van der Waals surface area contributed by atoms with Gasteiger partial charge in [0.05, 0.1) is 53.3 Å². The van der Waals surface area contributed by atoms with Crippen molar-refractivity contribution >= 4 is 41.4 Å². The molecule has 7 amide bonds. The van der Waals surface area contributed by atoms with Gasteiger partial charge in [-0.25, -0.2) is 0 Å². The monoisotopic (exact) mass is 1690 g/mol. The Balaban J connectivity index is 0.000000139. The largest absolute Gasteiger partial charge is 0.416 e. The Labute approximate surface area is 689 Å². The van der Waals surface area contributed by atoms with Gasteiger partial charge in [-0.2, -0.15) is 73.1 Å². The van der Waals surface area contributed by atoms with E-state index in [2.05, 4.69) is 52.3 Å². The van der Waals surface area contributed by atoms with Crippen LogP contribution >= 0.6 is 0 Å². The van der Waals surface area contributed by atoms with E-state index in [4.69, 9.17) is 5.73 Å². The third-order valence-electron chi connectivity index (χ3n) is 24.5. The van der Waals surface area contributed by atoms with Crippen molar-refractivity contribution in [1.82, 2.24) is 80.0 Å². The molecule has 0 unspecified atom stereocenters. The van der Waals surface area contributed by atoms with Crippen molar-refractivity contribution in [2.75, 3.05) is 78.5 Å². The van der Waals surface area contributed by atoms with Crippen molar-refractivity contribution in [3.63, 3.8) is 0 Å². The lowest BCUT2D eigenvalue weighted by Gasteiger charge is -2.33. The van der Waals surface area contributed by atoms with Crippen LogP contribution in [0.3, 0.4) is 0 Å². The van der Waals surface area contributed by atoms with E-state index < -0.39 is 47.0 Å². The third-order valence-corrected chi connectivity index (χ3v) is 24.5. The van der Waals surface area contributed by atoms with E-state index in [1.165, 1.54) is 63.2 Å². The van der Waals surface area contributed by atoms with Gasteiger partial charge in [0, 0.05) is 158 Å². The third kappa shape index (κ3) is 19.7. The van der Waals surface area contributed by atoms with Gasteiger partial charge in [0.15, 0.2) is 22.8 Å². The zero-order valence-corrected chi connectivity index (χ0v) is 67.1. The highest BCUT2D eigenvalue weighted by molar-refractivity contribution is 5.96. The van der Waals surface area contributed by atoms with Crippen molar-refractivity contribution in [2.45, 2.75) is 179 Å². The number of carbonyl (C=O) groups excluding carboxylic acids is 7. The Bertz CT molecular complexity index is 5110. The number of hydrogen-bond acceptors (Lipinski definition) is 13. The number of amides is 7. The number of nitrogens with one attached hydrogen (secondary N) is 4. The summed E-state index contributed by atoms with van der Waals surface area (Å²) >= 11 is 0. The molecule has 36 heteroatoms. The number of hydrogen-bond donors (Lipinski definition) is 5. The summed E-state index contributed by atoms with van der Waals surface area (Å²) in [5.74, 6) is -1.94. The SMILES string of the molecule is C=C(CN)N1CCCc2[nH]nc(C(=O)N3CCC(c4ccccc4C(F)(F)F)CC3)c2C1.CC(=O)N1CCc2[nH]nc(C(=O)N3CCC(c4ccccc4C(F)(F)F)CC3)c2C1.CC(=O)N1CCc2c(C(=O)N3CCC(c4ccccc4C(F)(F)F)CC3)n[nH]c2C1.CC(=O)N1Cc2[nH]nc(C(=O)N3CCC(c4ccccc4C(F)(F)F)CC3)c2C1. The van der Waals surface area contributed by atoms with Crippen molar-refractivity contribution in [3.05, 3.63) is 222 Å². The van der Waals surface area contributed by atoms with E-state index in [9.17, 15) is 86.2 Å². The van der Waals surface area contributed by atoms with Crippen molar-refractivity contribution in [2.24, 2.45) is 5.73 Å². The molecular formula is C85H95F12N17O7. The summed E-state index contributed by atoms with van der Waals surface area (Å²) in [5, 5.41) is 28.4. The van der Waals surface area contributed by atoms with E-state index in [0.717, 1.165) is 94.4 Å². The molecule has 0 atom stereocenters. The number of aromatic amines is 4. The molecule has 16 rings (SSSR count). The maximum absolute atomic E-state index is 13.4. The summed E-state index contributed by atoms with van der Waals surface area (Å²) in [4.78, 5) is 101. The smallest absolute Gasteiger partial charge is 0.370 e. The number of nitrogens with two attached hydrogens (primary N) is 1. The summed E-state index contributed by atoms with van der Waals surface area (Å²) in [7, 11) is 0. The number of alkyl halides is 12. The van der Waals surface area contributed by atoms with Gasteiger partial charge in [0.2, 0.25) is 17.7 Å². The minimum atomic E-state index is -4.39. The van der Waals surface area contributed by atoms with Crippen LogP contribution in [0.5, 0.6) is 0 Å². The van der Waals surface area contributed by atoms with E-state index in [-0.39, 0.29) is 65.0 Å². The topological polar surface area (TPSA) is 286 Å². The fourth-order valence-electron chi connectivity index (χ4n) is 17.7. The molecular weight excluding hydrogens is 1600 g/mol. The number of piperidine rings is 4. The van der Waals surface area contributed by atoms with Crippen LogP contribution in [0.4, 0.5) is 52.7 Å². The average Bonchev–Trinajstić information content (AvgIpc) is 1.35. The molecule has 0 radical (unpaired) electrons. The highest BCUT2D eigenvalue weighted by Crippen LogP contribution is 2.45. The summed E-state index contributed by atoms with van der Waals surface area (Å²) < 4.78 is 160. The predicted molar refractivity (Wildman–Crippen MR) is 418 cm³/mol. The van der Waals surface area contributed by atoms with Crippen LogP contribution in [0.25, 0.3) is 0 Å². The Morgan fingerprint density at radius 2 is 0.603 bits per heavy atom. The Morgan fingerprint density at radius 3 is 0.934 bits per heavy atom. The molecule has 6 N–H and O–H groups in total. The number of nitrogens with zero attached hydrogens (tertiary/aromatic N) is 12. The number of likely N-dealkylation sites (tertiary alicyclic amines) is 4. The first kappa shape index (κ1) is 87.5. The number of fused-ring (bicyclic) bond motifs is 4. The normalized spacial score (nSPS) is 17.7. The van der Waals surface area contributed by atoms with E-state index in [1.807, 2.05) is 0 Å². The molecule has 4 aromatic heterocycles. The number of aryl methyl sites for hydroxylation is 1. The molecule has 8 aliphatic heterocycles. The second kappa shape index (κ2) is 36.5. The van der Waals surface area contributed by atoms with Crippen LogP contribution in [0.2, 0.25) is 0 Å². The highest BCUT2D eigenvalue weighted by Gasteiger charge is 2.43.